The lowest BCUT2D eigenvalue weighted by Crippen LogP contribution is -2.51. The number of carbonyl (C=O) groups excluding carboxylic acids is 2. The van der Waals surface area contributed by atoms with Crippen molar-refractivity contribution in [2.45, 2.75) is 19.4 Å². The van der Waals surface area contributed by atoms with E-state index in [1.54, 1.807) is 24.3 Å². The summed E-state index contributed by atoms with van der Waals surface area (Å²) < 4.78 is 5.79. The Hall–Kier alpha value is -2.61. The molecule has 0 radical (unpaired) electrons. The van der Waals surface area contributed by atoms with E-state index in [-0.39, 0.29) is 18.9 Å². The standard InChI is InChI=1S/C23H28ClN3O4/c1-16-2-3-18(13-22(25)29)21(12-16)31-15-20(28)14-26-8-10-27(11-9-26)23(30)17-4-6-19(24)7-5-17/h2-7,12,20,28H,8-11,13-15H2,1H3,(H2,25,29). The second kappa shape index (κ2) is 10.6. The summed E-state index contributed by atoms with van der Waals surface area (Å²) in [4.78, 5) is 27.8. The van der Waals surface area contributed by atoms with Gasteiger partial charge in [0.1, 0.15) is 18.5 Å². The molecule has 0 aliphatic carbocycles. The number of carbonyl (C=O) groups is 2. The molecule has 2 aromatic carbocycles. The van der Waals surface area contributed by atoms with Crippen LogP contribution in [0.5, 0.6) is 5.75 Å². The van der Waals surface area contributed by atoms with Crippen molar-refractivity contribution >= 4 is 23.4 Å². The molecule has 0 spiro atoms. The van der Waals surface area contributed by atoms with Gasteiger partial charge in [0.2, 0.25) is 5.91 Å². The second-order valence-electron chi connectivity index (χ2n) is 7.82. The maximum atomic E-state index is 12.6. The van der Waals surface area contributed by atoms with Gasteiger partial charge in [0, 0.05) is 48.9 Å². The average Bonchev–Trinajstić information content (AvgIpc) is 2.74. The zero-order chi connectivity index (χ0) is 22.4. The molecule has 166 valence electrons. The van der Waals surface area contributed by atoms with Crippen LogP contribution in [0.4, 0.5) is 0 Å². The minimum absolute atomic E-state index is 0.0124. The highest BCUT2D eigenvalue weighted by atomic mass is 35.5. The van der Waals surface area contributed by atoms with Crippen molar-refractivity contribution < 1.29 is 19.4 Å². The van der Waals surface area contributed by atoms with E-state index in [9.17, 15) is 14.7 Å². The molecule has 3 rings (SSSR count). The number of aliphatic hydroxyl groups is 1. The molecule has 1 aliphatic rings. The molecule has 0 saturated carbocycles. The normalized spacial score (nSPS) is 15.5. The van der Waals surface area contributed by atoms with Gasteiger partial charge in [0.15, 0.2) is 0 Å². The van der Waals surface area contributed by atoms with Gasteiger partial charge in [-0.3, -0.25) is 14.5 Å². The molecular weight excluding hydrogens is 418 g/mol. The van der Waals surface area contributed by atoms with Crippen molar-refractivity contribution in [1.29, 1.82) is 0 Å². The molecule has 31 heavy (non-hydrogen) atoms. The number of benzene rings is 2. The summed E-state index contributed by atoms with van der Waals surface area (Å²) in [6, 6.07) is 12.4. The summed E-state index contributed by atoms with van der Waals surface area (Å²) in [6.07, 6.45) is -0.601. The lowest BCUT2D eigenvalue weighted by atomic mass is 10.1. The molecule has 7 nitrogen and oxygen atoms in total. The van der Waals surface area contributed by atoms with E-state index < -0.39 is 12.0 Å². The first-order valence-corrected chi connectivity index (χ1v) is 10.7. The topological polar surface area (TPSA) is 96.1 Å². The van der Waals surface area contributed by atoms with Gasteiger partial charge < -0.3 is 20.5 Å². The van der Waals surface area contributed by atoms with E-state index in [2.05, 4.69) is 4.90 Å². The number of nitrogens with zero attached hydrogens (tertiary/aromatic N) is 2. The van der Waals surface area contributed by atoms with Gasteiger partial charge >= 0.3 is 0 Å². The van der Waals surface area contributed by atoms with E-state index in [1.807, 2.05) is 30.0 Å². The summed E-state index contributed by atoms with van der Waals surface area (Å²) in [5.41, 5.74) is 7.63. The number of hydrogen-bond donors (Lipinski definition) is 2. The number of nitrogens with two attached hydrogens (primary N) is 1. The molecule has 1 heterocycles. The highest BCUT2D eigenvalue weighted by Gasteiger charge is 2.23. The number of aryl methyl sites for hydroxylation is 1. The van der Waals surface area contributed by atoms with Gasteiger partial charge in [0.05, 0.1) is 6.42 Å². The monoisotopic (exact) mass is 445 g/mol. The highest BCUT2D eigenvalue weighted by Crippen LogP contribution is 2.21. The Bertz CT molecular complexity index is 912. The maximum absolute atomic E-state index is 12.6. The molecule has 8 heteroatoms. The number of ether oxygens (including phenoxy) is 1. The van der Waals surface area contributed by atoms with Crippen LogP contribution in [0, 0.1) is 6.92 Å². The van der Waals surface area contributed by atoms with Crippen LogP contribution >= 0.6 is 11.6 Å². The van der Waals surface area contributed by atoms with Crippen LogP contribution in [0.2, 0.25) is 5.02 Å². The van der Waals surface area contributed by atoms with Crippen LogP contribution in [0.25, 0.3) is 0 Å². The Morgan fingerprint density at radius 1 is 1.13 bits per heavy atom. The van der Waals surface area contributed by atoms with Crippen molar-refractivity contribution in [3.05, 3.63) is 64.2 Å². The minimum Gasteiger partial charge on any atom is -0.491 e. The van der Waals surface area contributed by atoms with Crippen molar-refractivity contribution in [3.63, 3.8) is 0 Å². The SMILES string of the molecule is Cc1ccc(CC(N)=O)c(OCC(O)CN2CCN(C(=O)c3ccc(Cl)cc3)CC2)c1. The molecule has 2 amide bonds. The number of amides is 2. The van der Waals surface area contributed by atoms with E-state index in [4.69, 9.17) is 22.1 Å². The third-order valence-corrected chi connectivity index (χ3v) is 5.49. The highest BCUT2D eigenvalue weighted by molar-refractivity contribution is 6.30. The first-order valence-electron chi connectivity index (χ1n) is 10.3. The first-order chi connectivity index (χ1) is 14.8. The zero-order valence-corrected chi connectivity index (χ0v) is 18.3. The fraction of sp³-hybridized carbons (Fsp3) is 0.391. The quantitative estimate of drug-likeness (QED) is 0.646. The van der Waals surface area contributed by atoms with Crippen LogP contribution in [0.3, 0.4) is 0 Å². The summed E-state index contributed by atoms with van der Waals surface area (Å²) in [7, 11) is 0. The van der Waals surface area contributed by atoms with Crippen LogP contribution in [0.1, 0.15) is 21.5 Å². The molecule has 1 saturated heterocycles. The predicted molar refractivity (Wildman–Crippen MR) is 119 cm³/mol. The lowest BCUT2D eigenvalue weighted by molar-refractivity contribution is -0.117. The van der Waals surface area contributed by atoms with Crippen molar-refractivity contribution in [2.24, 2.45) is 5.73 Å². The van der Waals surface area contributed by atoms with Crippen LogP contribution in [-0.4, -0.2) is 72.2 Å². The van der Waals surface area contributed by atoms with Crippen LogP contribution < -0.4 is 10.5 Å². The summed E-state index contributed by atoms with van der Waals surface area (Å²) in [6.45, 7) is 5.02. The molecule has 1 atom stereocenters. The molecule has 0 bridgehead atoms. The Kier molecular flexibility index (Phi) is 7.90. The molecular formula is C23H28ClN3O4. The van der Waals surface area contributed by atoms with E-state index in [1.165, 1.54) is 0 Å². The first kappa shape index (κ1) is 23.1. The third kappa shape index (κ3) is 6.69. The number of halogens is 1. The number of β-amino-alcohol motifs (C(OH)–C–C–N with tert-alkyl or cyclic N) is 1. The molecule has 0 aromatic heterocycles. The Balaban J connectivity index is 1.47. The fourth-order valence-electron chi connectivity index (χ4n) is 3.58. The Labute approximate surface area is 187 Å². The fourth-order valence-corrected chi connectivity index (χ4v) is 3.70. The number of hydrogen-bond acceptors (Lipinski definition) is 5. The van der Waals surface area contributed by atoms with Gasteiger partial charge in [-0.15, -0.1) is 0 Å². The summed E-state index contributed by atoms with van der Waals surface area (Å²) in [5.74, 6) is 0.123. The second-order valence-corrected chi connectivity index (χ2v) is 8.26. The summed E-state index contributed by atoms with van der Waals surface area (Å²) in [5, 5.41) is 11.0. The predicted octanol–water partition coefficient (Wildman–Crippen LogP) is 1.87. The van der Waals surface area contributed by atoms with Gasteiger partial charge in [-0.1, -0.05) is 23.7 Å². The third-order valence-electron chi connectivity index (χ3n) is 5.24. The number of rotatable bonds is 8. The smallest absolute Gasteiger partial charge is 0.253 e. The minimum atomic E-state index is -0.694. The number of aliphatic hydroxyl groups excluding tert-OH is 1. The Morgan fingerprint density at radius 2 is 1.81 bits per heavy atom. The van der Waals surface area contributed by atoms with Gasteiger partial charge in [-0.05, 0) is 42.8 Å². The summed E-state index contributed by atoms with van der Waals surface area (Å²) >= 11 is 5.89. The van der Waals surface area contributed by atoms with Gasteiger partial charge in [-0.25, -0.2) is 0 Å². The number of primary amides is 1. The molecule has 1 unspecified atom stereocenters. The van der Waals surface area contributed by atoms with Gasteiger partial charge in [-0.2, -0.15) is 0 Å². The average molecular weight is 446 g/mol. The number of piperazine rings is 1. The molecule has 1 aliphatic heterocycles. The lowest BCUT2D eigenvalue weighted by Gasteiger charge is -2.35. The van der Waals surface area contributed by atoms with E-state index in [0.29, 0.717) is 54.6 Å². The van der Waals surface area contributed by atoms with Crippen LogP contribution in [-0.2, 0) is 11.2 Å². The van der Waals surface area contributed by atoms with Crippen molar-refractivity contribution in [1.82, 2.24) is 9.80 Å². The molecule has 3 N–H and O–H groups in total. The van der Waals surface area contributed by atoms with Crippen molar-refractivity contribution in [3.8, 4) is 5.75 Å². The maximum Gasteiger partial charge on any atom is 0.253 e. The zero-order valence-electron chi connectivity index (χ0n) is 17.6. The van der Waals surface area contributed by atoms with E-state index in [0.717, 1.165) is 5.56 Å². The molecule has 2 aromatic rings. The largest absolute Gasteiger partial charge is 0.491 e. The van der Waals surface area contributed by atoms with Crippen molar-refractivity contribution in [2.75, 3.05) is 39.3 Å². The Morgan fingerprint density at radius 3 is 2.45 bits per heavy atom. The van der Waals surface area contributed by atoms with E-state index >= 15 is 0 Å². The van der Waals surface area contributed by atoms with Crippen LogP contribution in [0.15, 0.2) is 42.5 Å². The van der Waals surface area contributed by atoms with Gasteiger partial charge in [0.25, 0.3) is 5.91 Å². The molecule has 1 fully saturated rings.